The average molecular weight is 378 g/mol. The Morgan fingerprint density at radius 1 is 1.48 bits per heavy atom. The molecular formula is C13H20BrN3O3S. The highest BCUT2D eigenvalue weighted by molar-refractivity contribution is 9.10. The van der Waals surface area contributed by atoms with Crippen molar-refractivity contribution in [1.82, 2.24) is 4.31 Å². The molecule has 0 radical (unpaired) electrons. The summed E-state index contributed by atoms with van der Waals surface area (Å²) in [6, 6.07) is 6.55. The van der Waals surface area contributed by atoms with Gasteiger partial charge < -0.3 is 10.9 Å². The van der Waals surface area contributed by atoms with Crippen LogP contribution in [0.4, 0.5) is 0 Å². The van der Waals surface area contributed by atoms with Gasteiger partial charge in [-0.05, 0) is 24.1 Å². The first-order valence-corrected chi connectivity index (χ1v) is 8.72. The third kappa shape index (κ3) is 5.29. The second kappa shape index (κ2) is 7.77. The smallest absolute Gasteiger partial charge is 0.243 e. The Balaban J connectivity index is 3.05. The van der Waals surface area contributed by atoms with Crippen LogP contribution in [0.15, 0.2) is 38.8 Å². The van der Waals surface area contributed by atoms with Gasteiger partial charge in [-0.2, -0.15) is 4.31 Å². The molecule has 21 heavy (non-hydrogen) atoms. The number of sulfonamides is 1. The van der Waals surface area contributed by atoms with Gasteiger partial charge in [-0.3, -0.25) is 0 Å². The van der Waals surface area contributed by atoms with E-state index in [0.29, 0.717) is 11.0 Å². The van der Waals surface area contributed by atoms with Crippen LogP contribution in [0.25, 0.3) is 0 Å². The first-order valence-electron chi connectivity index (χ1n) is 6.49. The molecule has 0 aliphatic heterocycles. The lowest BCUT2D eigenvalue weighted by atomic mass is 10.2. The summed E-state index contributed by atoms with van der Waals surface area (Å²) in [7, 11) is -3.61. The Bertz CT molecular complexity index is 602. The monoisotopic (exact) mass is 377 g/mol. The average Bonchev–Trinajstić information content (AvgIpc) is 2.42. The summed E-state index contributed by atoms with van der Waals surface area (Å²) >= 11 is 3.27. The standard InChI is InChI=1S/C13H20BrN3O3S/c1-10(2)9-17(7-6-13(15)16-18)21(19,20)12-5-3-4-11(14)8-12/h3-5,8,10,18H,6-7,9H2,1-2H3,(H2,15,16). The van der Waals surface area contributed by atoms with E-state index in [1.165, 1.54) is 4.31 Å². The zero-order valence-corrected chi connectivity index (χ0v) is 14.4. The molecule has 8 heteroatoms. The molecule has 0 saturated carbocycles. The second-order valence-corrected chi connectivity index (χ2v) is 7.91. The van der Waals surface area contributed by atoms with E-state index in [1.807, 2.05) is 13.8 Å². The predicted octanol–water partition coefficient (Wildman–Crippen LogP) is 2.23. The molecule has 0 fully saturated rings. The molecule has 1 aromatic carbocycles. The lowest BCUT2D eigenvalue weighted by Gasteiger charge is -2.23. The predicted molar refractivity (Wildman–Crippen MR) is 85.8 cm³/mol. The summed E-state index contributed by atoms with van der Waals surface area (Å²) in [6.07, 6.45) is 0.177. The van der Waals surface area contributed by atoms with Crippen molar-refractivity contribution >= 4 is 31.8 Å². The van der Waals surface area contributed by atoms with Crippen LogP contribution in [0.5, 0.6) is 0 Å². The molecule has 3 N–H and O–H groups in total. The van der Waals surface area contributed by atoms with Gasteiger partial charge in [-0.15, -0.1) is 0 Å². The van der Waals surface area contributed by atoms with E-state index < -0.39 is 10.0 Å². The van der Waals surface area contributed by atoms with Gasteiger partial charge in [-0.1, -0.05) is 41.0 Å². The number of hydrogen-bond acceptors (Lipinski definition) is 4. The van der Waals surface area contributed by atoms with E-state index in [1.54, 1.807) is 24.3 Å². The summed E-state index contributed by atoms with van der Waals surface area (Å²) < 4.78 is 27.4. The highest BCUT2D eigenvalue weighted by Crippen LogP contribution is 2.21. The maximum atomic E-state index is 12.7. The molecule has 0 aliphatic carbocycles. The molecule has 0 spiro atoms. The third-order valence-electron chi connectivity index (χ3n) is 2.75. The zero-order valence-electron chi connectivity index (χ0n) is 12.0. The summed E-state index contributed by atoms with van der Waals surface area (Å²) in [4.78, 5) is 0.219. The van der Waals surface area contributed by atoms with Crippen molar-refractivity contribution in [3.8, 4) is 0 Å². The summed E-state index contributed by atoms with van der Waals surface area (Å²) in [5.41, 5.74) is 5.43. The van der Waals surface area contributed by atoms with Gasteiger partial charge in [0.2, 0.25) is 10.0 Å². The fourth-order valence-electron chi connectivity index (χ4n) is 1.78. The van der Waals surface area contributed by atoms with Crippen LogP contribution in [-0.2, 0) is 10.0 Å². The Labute approximate surface area is 133 Å². The van der Waals surface area contributed by atoms with Crippen LogP contribution in [0.3, 0.4) is 0 Å². The van der Waals surface area contributed by atoms with Gasteiger partial charge in [0.1, 0.15) is 5.84 Å². The van der Waals surface area contributed by atoms with E-state index >= 15 is 0 Å². The summed E-state index contributed by atoms with van der Waals surface area (Å²) in [5, 5.41) is 11.4. The highest BCUT2D eigenvalue weighted by Gasteiger charge is 2.25. The first-order chi connectivity index (χ1) is 9.77. The van der Waals surface area contributed by atoms with Crippen LogP contribution >= 0.6 is 15.9 Å². The van der Waals surface area contributed by atoms with Crippen molar-refractivity contribution in [2.75, 3.05) is 13.1 Å². The molecule has 0 aromatic heterocycles. The zero-order chi connectivity index (χ0) is 16.0. The Hall–Kier alpha value is -1.12. The molecule has 0 amide bonds. The molecule has 0 heterocycles. The molecule has 118 valence electrons. The van der Waals surface area contributed by atoms with E-state index in [9.17, 15) is 8.42 Å². The van der Waals surface area contributed by atoms with Gasteiger partial charge in [0, 0.05) is 24.0 Å². The number of oxime groups is 1. The largest absolute Gasteiger partial charge is 0.409 e. The van der Waals surface area contributed by atoms with Crippen LogP contribution in [0.2, 0.25) is 0 Å². The maximum Gasteiger partial charge on any atom is 0.243 e. The van der Waals surface area contributed by atoms with Crippen LogP contribution in [0, 0.1) is 5.92 Å². The minimum atomic E-state index is -3.61. The van der Waals surface area contributed by atoms with E-state index in [0.717, 1.165) is 0 Å². The SMILES string of the molecule is CC(C)CN(CCC(N)=NO)S(=O)(=O)c1cccc(Br)c1. The molecule has 0 bridgehead atoms. The third-order valence-corrected chi connectivity index (χ3v) is 5.10. The van der Waals surface area contributed by atoms with Crippen LogP contribution in [-0.4, -0.2) is 36.9 Å². The number of hydrogen-bond donors (Lipinski definition) is 2. The molecule has 1 rings (SSSR count). The second-order valence-electron chi connectivity index (χ2n) is 5.06. The molecule has 0 atom stereocenters. The lowest BCUT2D eigenvalue weighted by molar-refractivity contribution is 0.314. The summed E-state index contributed by atoms with van der Waals surface area (Å²) in [5.74, 6) is 0.174. The maximum absolute atomic E-state index is 12.7. The lowest BCUT2D eigenvalue weighted by Crippen LogP contribution is -2.36. The van der Waals surface area contributed by atoms with Crippen molar-refractivity contribution in [2.24, 2.45) is 16.8 Å². The topological polar surface area (TPSA) is 96.0 Å². The molecule has 0 saturated heterocycles. The number of amidine groups is 1. The molecule has 6 nitrogen and oxygen atoms in total. The minimum Gasteiger partial charge on any atom is -0.409 e. The number of benzene rings is 1. The number of halogens is 1. The van der Waals surface area contributed by atoms with Crippen molar-refractivity contribution in [3.63, 3.8) is 0 Å². The van der Waals surface area contributed by atoms with Gasteiger partial charge in [-0.25, -0.2) is 8.42 Å². The van der Waals surface area contributed by atoms with Crippen LogP contribution in [0.1, 0.15) is 20.3 Å². The van der Waals surface area contributed by atoms with Gasteiger partial charge in [0.05, 0.1) is 4.90 Å². The molecule has 0 aliphatic rings. The highest BCUT2D eigenvalue weighted by atomic mass is 79.9. The van der Waals surface area contributed by atoms with Crippen molar-refractivity contribution in [2.45, 2.75) is 25.2 Å². The van der Waals surface area contributed by atoms with Crippen LogP contribution < -0.4 is 5.73 Å². The van der Waals surface area contributed by atoms with Gasteiger partial charge in [0.15, 0.2) is 0 Å². The Kier molecular flexibility index (Phi) is 6.63. The normalized spacial score (nSPS) is 13.1. The van der Waals surface area contributed by atoms with E-state index in [-0.39, 0.29) is 29.6 Å². The fraction of sp³-hybridized carbons (Fsp3) is 0.462. The van der Waals surface area contributed by atoms with E-state index in [4.69, 9.17) is 10.9 Å². The Morgan fingerprint density at radius 2 is 2.14 bits per heavy atom. The minimum absolute atomic E-state index is 0.00759. The van der Waals surface area contributed by atoms with E-state index in [2.05, 4.69) is 21.1 Å². The first kappa shape index (κ1) is 17.9. The number of rotatable bonds is 7. The molecule has 0 unspecified atom stereocenters. The van der Waals surface area contributed by atoms with Crippen molar-refractivity contribution < 1.29 is 13.6 Å². The number of nitrogens with zero attached hydrogens (tertiary/aromatic N) is 2. The quantitative estimate of drug-likeness (QED) is 0.329. The molecule has 1 aromatic rings. The van der Waals surface area contributed by atoms with Crippen molar-refractivity contribution in [1.29, 1.82) is 0 Å². The summed E-state index contributed by atoms with van der Waals surface area (Å²) in [6.45, 7) is 4.41. The number of nitrogens with two attached hydrogens (primary N) is 1. The Morgan fingerprint density at radius 3 is 2.67 bits per heavy atom. The fourth-order valence-corrected chi connectivity index (χ4v) is 3.98. The molecular weight excluding hydrogens is 358 g/mol. The van der Waals surface area contributed by atoms with Gasteiger partial charge in [0.25, 0.3) is 0 Å². The van der Waals surface area contributed by atoms with Crippen molar-refractivity contribution in [3.05, 3.63) is 28.7 Å². The van der Waals surface area contributed by atoms with Gasteiger partial charge >= 0.3 is 0 Å².